The minimum Gasteiger partial charge on any atom is -0.507 e. The number of phenolic OH excluding ortho intramolecular Hbond substituents is 1. The molecule has 1 fully saturated rings. The van der Waals surface area contributed by atoms with Crippen molar-refractivity contribution in [2.45, 2.75) is 38.5 Å². The molecule has 0 radical (unpaired) electrons. The predicted octanol–water partition coefficient (Wildman–Crippen LogP) is 3.45. The first-order valence-corrected chi connectivity index (χ1v) is 8.39. The van der Waals surface area contributed by atoms with Crippen LogP contribution in [0.25, 0.3) is 11.3 Å². The summed E-state index contributed by atoms with van der Waals surface area (Å²) in [7, 11) is 0. The van der Waals surface area contributed by atoms with Gasteiger partial charge < -0.3 is 15.2 Å². The molecule has 0 atom stereocenters. The predicted molar refractivity (Wildman–Crippen MR) is 89.6 cm³/mol. The molecule has 2 aromatic rings. The summed E-state index contributed by atoms with van der Waals surface area (Å²) in [6.45, 7) is 3.55. The van der Waals surface area contributed by atoms with Gasteiger partial charge in [-0.3, -0.25) is 0 Å². The molecule has 2 N–H and O–H groups in total. The largest absolute Gasteiger partial charge is 0.507 e. The first kappa shape index (κ1) is 18.6. The zero-order valence-corrected chi connectivity index (χ0v) is 14.3. The highest BCUT2D eigenvalue weighted by atomic mass is 19.4. The molecule has 0 bridgehead atoms. The lowest BCUT2D eigenvalue weighted by Crippen LogP contribution is -2.34. The highest BCUT2D eigenvalue weighted by Crippen LogP contribution is 2.38. The van der Waals surface area contributed by atoms with Gasteiger partial charge in [0.1, 0.15) is 5.75 Å². The second-order valence-corrected chi connectivity index (χ2v) is 6.36. The van der Waals surface area contributed by atoms with Gasteiger partial charge in [0.25, 0.3) is 0 Å². The molecule has 0 unspecified atom stereocenters. The summed E-state index contributed by atoms with van der Waals surface area (Å²) in [6.07, 6.45) is -2.61. The number of aromatic hydroxyl groups is 1. The molecule has 3 rings (SSSR count). The van der Waals surface area contributed by atoms with Gasteiger partial charge in [0, 0.05) is 31.4 Å². The number of halogens is 3. The fourth-order valence-electron chi connectivity index (χ4n) is 3.00. The van der Waals surface area contributed by atoms with Crippen LogP contribution in [0.15, 0.2) is 24.3 Å². The minimum absolute atomic E-state index is 0.259. The summed E-state index contributed by atoms with van der Waals surface area (Å²) in [5.41, 5.74) is 0.725. The van der Waals surface area contributed by atoms with Crippen molar-refractivity contribution in [2.24, 2.45) is 0 Å². The first-order valence-electron chi connectivity index (χ1n) is 8.39. The van der Waals surface area contributed by atoms with Crippen molar-refractivity contribution in [3.8, 4) is 17.0 Å². The van der Waals surface area contributed by atoms with Gasteiger partial charge in [-0.25, -0.2) is 0 Å². The third kappa shape index (κ3) is 4.31. The third-order valence-corrected chi connectivity index (χ3v) is 4.41. The van der Waals surface area contributed by atoms with Crippen LogP contribution in [0.4, 0.5) is 13.2 Å². The van der Waals surface area contributed by atoms with Gasteiger partial charge in [-0.15, -0.1) is 0 Å². The second-order valence-electron chi connectivity index (χ2n) is 6.36. The normalized spacial score (nSPS) is 16.0. The maximum Gasteiger partial charge on any atom is 0.416 e. The van der Waals surface area contributed by atoms with E-state index in [1.54, 1.807) is 12.1 Å². The number of benzene rings is 1. The van der Waals surface area contributed by atoms with Crippen LogP contribution in [0, 0.1) is 6.92 Å². The molecule has 0 amide bonds. The van der Waals surface area contributed by atoms with E-state index in [1.165, 1.54) is 6.92 Å². The van der Waals surface area contributed by atoms with Crippen LogP contribution in [0.3, 0.4) is 0 Å². The number of aromatic nitrogens is 2. The quantitative estimate of drug-likeness (QED) is 0.867. The van der Waals surface area contributed by atoms with Crippen molar-refractivity contribution in [3.63, 3.8) is 0 Å². The molecule has 26 heavy (non-hydrogen) atoms. The molecule has 0 saturated carbocycles. The van der Waals surface area contributed by atoms with Gasteiger partial charge >= 0.3 is 6.18 Å². The maximum absolute atomic E-state index is 12.8. The number of hydrogen-bond acceptors (Lipinski definition) is 5. The summed E-state index contributed by atoms with van der Waals surface area (Å²) in [5.74, 6) is -0.459. The van der Waals surface area contributed by atoms with Crippen molar-refractivity contribution < 1.29 is 23.0 Å². The fraction of sp³-hybridized carbons (Fsp3) is 0.444. The fourth-order valence-corrected chi connectivity index (χ4v) is 3.00. The summed E-state index contributed by atoms with van der Waals surface area (Å²) >= 11 is 0. The zero-order chi connectivity index (χ0) is 18.7. The lowest BCUT2D eigenvalue weighted by atomic mass is 10.0. The number of nitrogens with zero attached hydrogens (tertiary/aromatic N) is 2. The Morgan fingerprint density at radius 3 is 2.50 bits per heavy atom. The Kier molecular flexibility index (Phi) is 5.43. The SMILES string of the molecule is Cc1cc(C(F)(F)F)cc(O)c1-c1ccc(CNC2CCOCC2)nn1. The van der Waals surface area contributed by atoms with E-state index in [0.717, 1.165) is 37.8 Å². The van der Waals surface area contributed by atoms with E-state index in [9.17, 15) is 18.3 Å². The van der Waals surface area contributed by atoms with Crippen LogP contribution in [-0.4, -0.2) is 34.6 Å². The molecule has 1 aromatic heterocycles. The van der Waals surface area contributed by atoms with E-state index < -0.39 is 17.5 Å². The number of alkyl halides is 3. The van der Waals surface area contributed by atoms with Gasteiger partial charge in [-0.05, 0) is 49.6 Å². The number of hydrogen-bond donors (Lipinski definition) is 2. The molecular weight excluding hydrogens is 347 g/mol. The Morgan fingerprint density at radius 2 is 1.92 bits per heavy atom. The summed E-state index contributed by atoms with van der Waals surface area (Å²) in [5, 5.41) is 21.6. The number of aryl methyl sites for hydroxylation is 1. The van der Waals surface area contributed by atoms with Crippen LogP contribution in [0.2, 0.25) is 0 Å². The Morgan fingerprint density at radius 1 is 1.19 bits per heavy atom. The van der Waals surface area contributed by atoms with Crippen LogP contribution in [0.5, 0.6) is 5.75 Å². The Bertz CT molecular complexity index is 734. The lowest BCUT2D eigenvalue weighted by Gasteiger charge is -2.22. The number of ether oxygens (including phenoxy) is 1. The molecule has 1 aliphatic rings. The monoisotopic (exact) mass is 367 g/mol. The van der Waals surface area contributed by atoms with E-state index in [2.05, 4.69) is 15.5 Å². The lowest BCUT2D eigenvalue weighted by molar-refractivity contribution is -0.137. The molecule has 8 heteroatoms. The smallest absolute Gasteiger partial charge is 0.416 e. The molecule has 0 aliphatic carbocycles. The van der Waals surface area contributed by atoms with E-state index >= 15 is 0 Å². The summed E-state index contributed by atoms with van der Waals surface area (Å²) in [6, 6.07) is 5.50. The van der Waals surface area contributed by atoms with Crippen molar-refractivity contribution in [2.75, 3.05) is 13.2 Å². The zero-order valence-electron chi connectivity index (χ0n) is 14.3. The van der Waals surface area contributed by atoms with Crippen LogP contribution >= 0.6 is 0 Å². The van der Waals surface area contributed by atoms with Gasteiger partial charge in [-0.2, -0.15) is 23.4 Å². The molecule has 0 spiro atoms. The minimum atomic E-state index is -4.51. The van der Waals surface area contributed by atoms with Crippen molar-refractivity contribution in [1.29, 1.82) is 0 Å². The Labute approximate surface area is 149 Å². The van der Waals surface area contributed by atoms with E-state index in [4.69, 9.17) is 4.74 Å². The van der Waals surface area contributed by atoms with E-state index in [1.807, 2.05) is 0 Å². The molecule has 140 valence electrons. The summed E-state index contributed by atoms with van der Waals surface area (Å²) in [4.78, 5) is 0. The molecule has 5 nitrogen and oxygen atoms in total. The topological polar surface area (TPSA) is 67.3 Å². The van der Waals surface area contributed by atoms with Crippen molar-refractivity contribution in [1.82, 2.24) is 15.5 Å². The highest BCUT2D eigenvalue weighted by Gasteiger charge is 2.32. The molecule has 1 aliphatic heterocycles. The molecule has 2 heterocycles. The second kappa shape index (κ2) is 7.59. The average molecular weight is 367 g/mol. The first-order chi connectivity index (χ1) is 12.3. The highest BCUT2D eigenvalue weighted by molar-refractivity contribution is 5.71. The third-order valence-electron chi connectivity index (χ3n) is 4.41. The molecule has 1 aromatic carbocycles. The van der Waals surface area contributed by atoms with Crippen molar-refractivity contribution in [3.05, 3.63) is 41.1 Å². The average Bonchev–Trinajstić information content (AvgIpc) is 2.60. The van der Waals surface area contributed by atoms with Gasteiger partial charge in [0.2, 0.25) is 0 Å². The van der Waals surface area contributed by atoms with Gasteiger partial charge in [0.15, 0.2) is 0 Å². The van der Waals surface area contributed by atoms with Crippen LogP contribution < -0.4 is 5.32 Å². The standard InChI is InChI=1S/C18H20F3N3O2/c1-11-8-12(18(19,20)21)9-16(25)17(11)15-3-2-14(23-24-15)10-22-13-4-6-26-7-5-13/h2-3,8-9,13,22,25H,4-7,10H2,1H3. The Balaban J connectivity index is 1.74. The van der Waals surface area contributed by atoms with Crippen molar-refractivity contribution >= 4 is 0 Å². The van der Waals surface area contributed by atoms with Crippen LogP contribution in [0.1, 0.15) is 29.7 Å². The number of phenols is 1. The summed E-state index contributed by atoms with van der Waals surface area (Å²) < 4.78 is 43.8. The van der Waals surface area contributed by atoms with Gasteiger partial charge in [0.05, 0.1) is 17.0 Å². The molecule has 1 saturated heterocycles. The van der Waals surface area contributed by atoms with Crippen LogP contribution in [-0.2, 0) is 17.5 Å². The van der Waals surface area contributed by atoms with Gasteiger partial charge in [-0.1, -0.05) is 0 Å². The number of rotatable bonds is 4. The Hall–Kier alpha value is -2.19. The van der Waals surface area contributed by atoms with E-state index in [0.29, 0.717) is 29.9 Å². The maximum atomic E-state index is 12.8. The molecular formula is C18H20F3N3O2. The van der Waals surface area contributed by atoms with E-state index in [-0.39, 0.29) is 5.56 Å². The number of nitrogens with one attached hydrogen (secondary N) is 1.